The number of H-pyrrole nitrogens is 1. The van der Waals surface area contributed by atoms with E-state index in [9.17, 15) is 4.79 Å². The molecule has 0 fully saturated rings. The van der Waals surface area contributed by atoms with Gasteiger partial charge in [-0.2, -0.15) is 0 Å². The molecule has 1 amide bonds. The topological polar surface area (TPSA) is 79.9 Å². The zero-order valence-electron chi connectivity index (χ0n) is 16.2. The number of carbonyl (C=O) groups is 1. The van der Waals surface area contributed by atoms with Crippen molar-refractivity contribution in [3.63, 3.8) is 0 Å². The summed E-state index contributed by atoms with van der Waals surface area (Å²) in [5, 5.41) is 10.8. The molecule has 2 N–H and O–H groups in total. The van der Waals surface area contributed by atoms with E-state index in [0.29, 0.717) is 16.9 Å². The number of aromatic amines is 1. The molecule has 0 aliphatic rings. The number of thioether (sulfide) groups is 1. The Morgan fingerprint density at radius 2 is 1.86 bits per heavy atom. The Kier molecular flexibility index (Phi) is 6.71. The minimum absolute atomic E-state index is 0.0173. The van der Waals surface area contributed by atoms with Gasteiger partial charge in [0, 0.05) is 5.56 Å². The van der Waals surface area contributed by atoms with E-state index in [0.717, 1.165) is 16.9 Å². The number of methoxy groups -OCH3 is 1. The highest BCUT2D eigenvalue weighted by molar-refractivity contribution is 7.99. The minimum Gasteiger partial charge on any atom is -0.497 e. The highest BCUT2D eigenvalue weighted by Gasteiger charge is 2.18. The molecule has 0 saturated heterocycles. The Bertz CT molecular complexity index is 894. The van der Waals surface area contributed by atoms with Crippen molar-refractivity contribution in [2.75, 3.05) is 12.9 Å². The molecule has 0 saturated carbocycles. The van der Waals surface area contributed by atoms with Crippen LogP contribution in [0.4, 0.5) is 0 Å². The van der Waals surface area contributed by atoms with Crippen LogP contribution in [0.1, 0.15) is 25.5 Å². The van der Waals surface area contributed by atoms with E-state index in [4.69, 9.17) is 4.74 Å². The van der Waals surface area contributed by atoms with Crippen LogP contribution in [0.3, 0.4) is 0 Å². The predicted octanol–water partition coefficient (Wildman–Crippen LogP) is 4.09. The molecule has 2 aromatic carbocycles. The average Bonchev–Trinajstić information content (AvgIpc) is 3.20. The number of nitrogens with one attached hydrogen (secondary N) is 2. The SMILES string of the molecule is COc1ccc(-c2nc(SCC(=O)NC(c3ccccc3)C(C)C)n[nH]2)cc1. The van der Waals surface area contributed by atoms with Gasteiger partial charge >= 0.3 is 0 Å². The van der Waals surface area contributed by atoms with Crippen LogP contribution in [0.2, 0.25) is 0 Å². The predicted molar refractivity (Wildman–Crippen MR) is 111 cm³/mol. The van der Waals surface area contributed by atoms with Crippen molar-refractivity contribution in [2.24, 2.45) is 5.92 Å². The number of benzene rings is 2. The summed E-state index contributed by atoms with van der Waals surface area (Å²) in [5.74, 6) is 1.96. The molecule has 3 rings (SSSR count). The first-order chi connectivity index (χ1) is 13.6. The molecule has 0 aliphatic heterocycles. The third-order valence-corrected chi connectivity index (χ3v) is 5.15. The summed E-state index contributed by atoms with van der Waals surface area (Å²) in [6, 6.07) is 17.6. The van der Waals surface area contributed by atoms with E-state index in [1.165, 1.54) is 11.8 Å². The van der Waals surface area contributed by atoms with E-state index in [-0.39, 0.29) is 17.7 Å². The lowest BCUT2D eigenvalue weighted by Crippen LogP contribution is -2.32. The fourth-order valence-electron chi connectivity index (χ4n) is 2.83. The lowest BCUT2D eigenvalue weighted by Gasteiger charge is -2.22. The van der Waals surface area contributed by atoms with Gasteiger partial charge in [0.15, 0.2) is 5.82 Å². The standard InChI is InChI=1S/C21H24N4O2S/c1-14(2)19(15-7-5-4-6-8-15)22-18(26)13-28-21-23-20(24-25-21)16-9-11-17(27-3)12-10-16/h4-12,14,19H,13H2,1-3H3,(H,22,26)(H,23,24,25). The molecule has 7 heteroatoms. The van der Waals surface area contributed by atoms with Crippen LogP contribution in [0.15, 0.2) is 59.8 Å². The molecular formula is C21H24N4O2S. The molecule has 0 bridgehead atoms. The van der Waals surface area contributed by atoms with Gasteiger partial charge in [-0.05, 0) is 35.7 Å². The summed E-state index contributed by atoms with van der Waals surface area (Å²) in [5.41, 5.74) is 2.02. The van der Waals surface area contributed by atoms with Crippen molar-refractivity contribution in [2.45, 2.75) is 25.0 Å². The zero-order chi connectivity index (χ0) is 19.9. The number of ether oxygens (including phenoxy) is 1. The maximum atomic E-state index is 12.4. The Morgan fingerprint density at radius 1 is 1.14 bits per heavy atom. The van der Waals surface area contributed by atoms with Crippen LogP contribution < -0.4 is 10.1 Å². The molecule has 0 radical (unpaired) electrons. The normalized spacial score (nSPS) is 12.0. The summed E-state index contributed by atoms with van der Waals surface area (Å²) < 4.78 is 5.16. The highest BCUT2D eigenvalue weighted by atomic mass is 32.2. The lowest BCUT2D eigenvalue weighted by molar-refractivity contribution is -0.119. The Labute approximate surface area is 169 Å². The summed E-state index contributed by atoms with van der Waals surface area (Å²) in [4.78, 5) is 16.9. The molecule has 146 valence electrons. The van der Waals surface area contributed by atoms with Gasteiger partial charge in [-0.3, -0.25) is 9.89 Å². The molecule has 0 spiro atoms. The molecule has 0 aliphatic carbocycles. The fraction of sp³-hybridized carbons (Fsp3) is 0.286. The maximum Gasteiger partial charge on any atom is 0.230 e. The Balaban J connectivity index is 1.57. The summed E-state index contributed by atoms with van der Waals surface area (Å²) >= 11 is 1.31. The average molecular weight is 397 g/mol. The van der Waals surface area contributed by atoms with Crippen LogP contribution in [0.5, 0.6) is 5.75 Å². The van der Waals surface area contributed by atoms with Crippen LogP contribution >= 0.6 is 11.8 Å². The number of carbonyl (C=O) groups excluding carboxylic acids is 1. The van der Waals surface area contributed by atoms with Gasteiger partial charge in [0.25, 0.3) is 0 Å². The van der Waals surface area contributed by atoms with Gasteiger partial charge in [0.2, 0.25) is 11.1 Å². The number of nitrogens with zero attached hydrogens (tertiary/aromatic N) is 2. The Hall–Kier alpha value is -2.80. The maximum absolute atomic E-state index is 12.4. The molecular weight excluding hydrogens is 372 g/mol. The first kappa shape index (κ1) is 19.9. The zero-order valence-corrected chi connectivity index (χ0v) is 17.0. The van der Waals surface area contributed by atoms with Gasteiger partial charge in [0.05, 0.1) is 18.9 Å². The number of hydrogen-bond donors (Lipinski definition) is 2. The van der Waals surface area contributed by atoms with Crippen molar-refractivity contribution in [1.82, 2.24) is 20.5 Å². The molecule has 1 atom stereocenters. The second-order valence-electron chi connectivity index (χ2n) is 6.68. The molecule has 6 nitrogen and oxygen atoms in total. The smallest absolute Gasteiger partial charge is 0.230 e. The second-order valence-corrected chi connectivity index (χ2v) is 7.63. The largest absolute Gasteiger partial charge is 0.497 e. The van der Waals surface area contributed by atoms with Crippen LogP contribution in [0.25, 0.3) is 11.4 Å². The lowest BCUT2D eigenvalue weighted by atomic mass is 9.96. The first-order valence-corrected chi connectivity index (χ1v) is 10.1. The van der Waals surface area contributed by atoms with E-state index < -0.39 is 0 Å². The van der Waals surface area contributed by atoms with Crippen LogP contribution in [-0.4, -0.2) is 34.0 Å². The quantitative estimate of drug-likeness (QED) is 0.561. The van der Waals surface area contributed by atoms with Gasteiger partial charge in [0.1, 0.15) is 5.75 Å². The van der Waals surface area contributed by atoms with E-state index in [1.807, 2.05) is 54.6 Å². The van der Waals surface area contributed by atoms with E-state index in [2.05, 4.69) is 34.3 Å². The van der Waals surface area contributed by atoms with Crippen molar-refractivity contribution in [3.05, 3.63) is 60.2 Å². The number of hydrogen-bond acceptors (Lipinski definition) is 5. The van der Waals surface area contributed by atoms with Crippen molar-refractivity contribution in [3.8, 4) is 17.1 Å². The second kappa shape index (κ2) is 9.41. The summed E-state index contributed by atoms with van der Waals surface area (Å²) in [6.07, 6.45) is 0. The van der Waals surface area contributed by atoms with Gasteiger partial charge in [-0.25, -0.2) is 4.98 Å². The van der Waals surface area contributed by atoms with Crippen LogP contribution in [-0.2, 0) is 4.79 Å². The fourth-order valence-corrected chi connectivity index (χ4v) is 3.44. The molecule has 3 aromatic rings. The van der Waals surface area contributed by atoms with E-state index >= 15 is 0 Å². The van der Waals surface area contributed by atoms with Gasteiger partial charge in [-0.15, -0.1) is 5.10 Å². The third-order valence-electron chi connectivity index (χ3n) is 4.30. The highest BCUT2D eigenvalue weighted by Crippen LogP contribution is 2.23. The molecule has 1 unspecified atom stereocenters. The summed E-state index contributed by atoms with van der Waals surface area (Å²) in [6.45, 7) is 4.20. The number of rotatable bonds is 8. The first-order valence-electron chi connectivity index (χ1n) is 9.10. The number of amides is 1. The molecule has 1 aromatic heterocycles. The Morgan fingerprint density at radius 3 is 2.50 bits per heavy atom. The van der Waals surface area contributed by atoms with Gasteiger partial charge < -0.3 is 10.1 Å². The monoisotopic (exact) mass is 396 g/mol. The van der Waals surface area contributed by atoms with Crippen molar-refractivity contribution in [1.29, 1.82) is 0 Å². The number of aromatic nitrogens is 3. The third kappa shape index (κ3) is 5.13. The van der Waals surface area contributed by atoms with Crippen LogP contribution in [0, 0.1) is 5.92 Å². The molecule has 28 heavy (non-hydrogen) atoms. The molecule has 1 heterocycles. The van der Waals surface area contributed by atoms with Crippen molar-refractivity contribution >= 4 is 17.7 Å². The van der Waals surface area contributed by atoms with E-state index in [1.54, 1.807) is 7.11 Å². The van der Waals surface area contributed by atoms with Crippen molar-refractivity contribution < 1.29 is 9.53 Å². The summed E-state index contributed by atoms with van der Waals surface area (Å²) in [7, 11) is 1.63. The van der Waals surface area contributed by atoms with Gasteiger partial charge in [-0.1, -0.05) is 55.9 Å². The minimum atomic E-state index is -0.0386.